The van der Waals surface area contributed by atoms with Gasteiger partial charge in [-0.05, 0) is 24.8 Å². The van der Waals surface area contributed by atoms with Crippen LogP contribution < -0.4 is 5.32 Å². The molecule has 0 aromatic heterocycles. The zero-order valence-corrected chi connectivity index (χ0v) is 12.2. The molecule has 1 aromatic rings. The van der Waals surface area contributed by atoms with E-state index in [0.717, 1.165) is 25.8 Å². The third-order valence-electron chi connectivity index (χ3n) is 3.31. The van der Waals surface area contributed by atoms with Crippen molar-refractivity contribution >= 4 is 5.91 Å². The molecular weight excluding hydrogens is 234 g/mol. The van der Waals surface area contributed by atoms with Crippen LogP contribution in [0.3, 0.4) is 0 Å². The van der Waals surface area contributed by atoms with E-state index in [9.17, 15) is 4.79 Å². The molecule has 0 radical (unpaired) electrons. The van der Waals surface area contributed by atoms with Crippen LogP contribution in [0.5, 0.6) is 0 Å². The molecule has 0 aliphatic carbocycles. The topological polar surface area (TPSA) is 29.1 Å². The lowest BCUT2D eigenvalue weighted by atomic mass is 10.1. The summed E-state index contributed by atoms with van der Waals surface area (Å²) in [7, 11) is 0. The summed E-state index contributed by atoms with van der Waals surface area (Å²) in [5.74, 6) is 0.200. The highest BCUT2D eigenvalue weighted by Crippen LogP contribution is 2.04. The zero-order chi connectivity index (χ0) is 13.8. The summed E-state index contributed by atoms with van der Waals surface area (Å²) in [6, 6.07) is 10.4. The Bertz CT molecular complexity index is 334. The summed E-state index contributed by atoms with van der Waals surface area (Å²) >= 11 is 0. The van der Waals surface area contributed by atoms with Crippen LogP contribution in [-0.2, 0) is 11.2 Å². The SMILES string of the molecule is CCCCCCCNC(=O)CCCc1ccccc1. The van der Waals surface area contributed by atoms with Crippen LogP contribution in [-0.4, -0.2) is 12.5 Å². The summed E-state index contributed by atoms with van der Waals surface area (Å²) in [6.07, 6.45) is 8.79. The van der Waals surface area contributed by atoms with Gasteiger partial charge in [0.15, 0.2) is 0 Å². The number of carbonyl (C=O) groups is 1. The van der Waals surface area contributed by atoms with Crippen molar-refractivity contribution in [1.29, 1.82) is 0 Å². The second kappa shape index (κ2) is 10.6. The van der Waals surface area contributed by atoms with Gasteiger partial charge >= 0.3 is 0 Å². The Labute approximate surface area is 117 Å². The molecule has 0 bridgehead atoms. The van der Waals surface area contributed by atoms with Crippen LogP contribution in [0.4, 0.5) is 0 Å². The summed E-state index contributed by atoms with van der Waals surface area (Å²) in [5.41, 5.74) is 1.31. The highest BCUT2D eigenvalue weighted by atomic mass is 16.1. The number of rotatable bonds is 10. The van der Waals surface area contributed by atoms with Crippen molar-refractivity contribution in [1.82, 2.24) is 5.32 Å². The molecule has 0 saturated heterocycles. The lowest BCUT2D eigenvalue weighted by Crippen LogP contribution is -2.24. The first kappa shape index (κ1) is 15.7. The minimum atomic E-state index is 0.200. The summed E-state index contributed by atoms with van der Waals surface area (Å²) in [4.78, 5) is 11.6. The average molecular weight is 261 g/mol. The summed E-state index contributed by atoms with van der Waals surface area (Å²) in [6.45, 7) is 3.06. The van der Waals surface area contributed by atoms with Crippen LogP contribution in [0.25, 0.3) is 0 Å². The fourth-order valence-corrected chi connectivity index (χ4v) is 2.14. The van der Waals surface area contributed by atoms with Crippen molar-refractivity contribution in [3.8, 4) is 0 Å². The maximum atomic E-state index is 11.6. The van der Waals surface area contributed by atoms with Crippen molar-refractivity contribution in [2.24, 2.45) is 0 Å². The molecule has 0 aliphatic rings. The van der Waals surface area contributed by atoms with Gasteiger partial charge in [0.05, 0.1) is 0 Å². The van der Waals surface area contributed by atoms with Crippen LogP contribution in [0.15, 0.2) is 30.3 Å². The van der Waals surface area contributed by atoms with Gasteiger partial charge in [-0.1, -0.05) is 62.9 Å². The van der Waals surface area contributed by atoms with E-state index in [4.69, 9.17) is 0 Å². The molecule has 0 saturated carbocycles. The van der Waals surface area contributed by atoms with Gasteiger partial charge in [0.25, 0.3) is 0 Å². The lowest BCUT2D eigenvalue weighted by Gasteiger charge is -2.05. The molecule has 106 valence electrons. The Morgan fingerprint density at radius 3 is 2.47 bits per heavy atom. The molecule has 0 heterocycles. The number of hydrogen-bond acceptors (Lipinski definition) is 1. The van der Waals surface area contributed by atoms with Gasteiger partial charge in [0.1, 0.15) is 0 Å². The number of carbonyl (C=O) groups excluding carboxylic acids is 1. The third-order valence-corrected chi connectivity index (χ3v) is 3.31. The van der Waals surface area contributed by atoms with Gasteiger partial charge < -0.3 is 5.32 Å². The van der Waals surface area contributed by atoms with Crippen molar-refractivity contribution < 1.29 is 4.79 Å². The van der Waals surface area contributed by atoms with Gasteiger partial charge in [-0.3, -0.25) is 4.79 Å². The highest BCUT2D eigenvalue weighted by Gasteiger charge is 2.00. The van der Waals surface area contributed by atoms with Gasteiger partial charge in [-0.2, -0.15) is 0 Å². The first-order valence-corrected chi connectivity index (χ1v) is 7.63. The fraction of sp³-hybridized carbons (Fsp3) is 0.588. The number of unbranched alkanes of at least 4 members (excludes halogenated alkanes) is 4. The minimum absolute atomic E-state index is 0.200. The molecule has 19 heavy (non-hydrogen) atoms. The van der Waals surface area contributed by atoms with Crippen molar-refractivity contribution in [3.05, 3.63) is 35.9 Å². The number of amides is 1. The van der Waals surface area contributed by atoms with E-state index < -0.39 is 0 Å². The second-order valence-corrected chi connectivity index (χ2v) is 5.10. The van der Waals surface area contributed by atoms with Crippen LogP contribution in [0.2, 0.25) is 0 Å². The monoisotopic (exact) mass is 261 g/mol. The number of benzene rings is 1. The van der Waals surface area contributed by atoms with E-state index in [1.807, 2.05) is 18.2 Å². The molecule has 2 nitrogen and oxygen atoms in total. The van der Waals surface area contributed by atoms with Crippen molar-refractivity contribution in [3.63, 3.8) is 0 Å². The maximum Gasteiger partial charge on any atom is 0.220 e. The second-order valence-electron chi connectivity index (χ2n) is 5.10. The largest absolute Gasteiger partial charge is 0.356 e. The van der Waals surface area contributed by atoms with Gasteiger partial charge in [0.2, 0.25) is 5.91 Å². The van der Waals surface area contributed by atoms with E-state index in [1.54, 1.807) is 0 Å². The average Bonchev–Trinajstić information content (AvgIpc) is 2.44. The fourth-order valence-electron chi connectivity index (χ4n) is 2.14. The molecule has 1 rings (SSSR count). The standard InChI is InChI=1S/C17H27NO/c1-2-3-4-5-9-15-18-17(19)14-10-13-16-11-7-6-8-12-16/h6-8,11-12H,2-5,9-10,13-15H2,1H3,(H,18,19). The summed E-state index contributed by atoms with van der Waals surface area (Å²) in [5, 5.41) is 3.01. The predicted molar refractivity (Wildman–Crippen MR) is 81.1 cm³/mol. The zero-order valence-electron chi connectivity index (χ0n) is 12.2. The first-order chi connectivity index (χ1) is 9.33. The van der Waals surface area contributed by atoms with Crippen LogP contribution in [0.1, 0.15) is 57.4 Å². The van der Waals surface area contributed by atoms with Crippen LogP contribution >= 0.6 is 0 Å². The smallest absolute Gasteiger partial charge is 0.220 e. The highest BCUT2D eigenvalue weighted by molar-refractivity contribution is 5.75. The Kier molecular flexibility index (Phi) is 8.78. The van der Waals surface area contributed by atoms with E-state index in [2.05, 4.69) is 24.4 Å². The molecule has 0 atom stereocenters. The quantitative estimate of drug-likeness (QED) is 0.631. The molecule has 1 amide bonds. The molecule has 0 unspecified atom stereocenters. The van der Waals surface area contributed by atoms with Gasteiger partial charge in [-0.25, -0.2) is 0 Å². The van der Waals surface area contributed by atoms with Gasteiger partial charge in [-0.15, -0.1) is 0 Å². The normalized spacial score (nSPS) is 10.4. The van der Waals surface area contributed by atoms with E-state index >= 15 is 0 Å². The number of aryl methyl sites for hydroxylation is 1. The maximum absolute atomic E-state index is 11.6. The molecular formula is C17H27NO. The van der Waals surface area contributed by atoms with E-state index in [-0.39, 0.29) is 5.91 Å². The van der Waals surface area contributed by atoms with Crippen molar-refractivity contribution in [2.45, 2.75) is 58.3 Å². The Morgan fingerprint density at radius 2 is 1.74 bits per heavy atom. The van der Waals surface area contributed by atoms with E-state index in [0.29, 0.717) is 6.42 Å². The molecule has 1 N–H and O–H groups in total. The van der Waals surface area contributed by atoms with Gasteiger partial charge in [0, 0.05) is 13.0 Å². The minimum Gasteiger partial charge on any atom is -0.356 e. The lowest BCUT2D eigenvalue weighted by molar-refractivity contribution is -0.121. The number of hydrogen-bond donors (Lipinski definition) is 1. The molecule has 2 heteroatoms. The Balaban J connectivity index is 1.96. The molecule has 0 aliphatic heterocycles. The Hall–Kier alpha value is -1.31. The molecule has 1 aromatic carbocycles. The predicted octanol–water partition coefficient (Wildman–Crippen LogP) is 4.10. The number of nitrogens with one attached hydrogen (secondary N) is 1. The molecule has 0 spiro atoms. The summed E-state index contributed by atoms with van der Waals surface area (Å²) < 4.78 is 0. The van der Waals surface area contributed by atoms with Crippen molar-refractivity contribution in [2.75, 3.05) is 6.54 Å². The van der Waals surface area contributed by atoms with E-state index in [1.165, 1.54) is 31.2 Å². The third kappa shape index (κ3) is 8.41. The molecule has 0 fully saturated rings. The Morgan fingerprint density at radius 1 is 1.00 bits per heavy atom. The first-order valence-electron chi connectivity index (χ1n) is 7.63. The van der Waals surface area contributed by atoms with Crippen LogP contribution in [0, 0.1) is 0 Å².